The number of aliphatic hydroxyl groups excluding tert-OH is 1. The van der Waals surface area contributed by atoms with Crippen molar-refractivity contribution in [1.82, 2.24) is 20.3 Å². The number of nitrogens with one attached hydrogen (secondary N) is 2. The van der Waals surface area contributed by atoms with E-state index in [4.69, 9.17) is 0 Å². The van der Waals surface area contributed by atoms with E-state index in [0.717, 1.165) is 23.5 Å². The number of benzene rings is 1. The van der Waals surface area contributed by atoms with E-state index in [9.17, 15) is 9.90 Å². The average molecular weight is 369 g/mol. The predicted octanol–water partition coefficient (Wildman–Crippen LogP) is 1.99. The van der Waals surface area contributed by atoms with Crippen LogP contribution in [0.5, 0.6) is 0 Å². The second-order valence-corrected chi connectivity index (χ2v) is 7.14. The van der Waals surface area contributed by atoms with Crippen molar-refractivity contribution in [2.75, 3.05) is 25.0 Å². The standard InChI is InChI=1S/C18H19N5O2S/c1-23-5-4-11-6-12(2-3-15(11)23)18-22-14(9-26-18)17(25)20-8-16(24)13-7-19-10-21-13/h2-3,6-7,9-10,16,24H,4-5,8H2,1H3,(H,19,21)(H,20,25). The Morgan fingerprint density at radius 3 is 3.19 bits per heavy atom. The number of H-pyrrole nitrogens is 1. The summed E-state index contributed by atoms with van der Waals surface area (Å²) in [5.41, 5.74) is 4.53. The predicted molar refractivity (Wildman–Crippen MR) is 100 cm³/mol. The Morgan fingerprint density at radius 1 is 1.50 bits per heavy atom. The zero-order valence-corrected chi connectivity index (χ0v) is 15.1. The van der Waals surface area contributed by atoms with E-state index in [-0.39, 0.29) is 12.5 Å². The van der Waals surface area contributed by atoms with E-state index in [0.29, 0.717) is 11.4 Å². The Hall–Kier alpha value is -2.71. The molecule has 2 aromatic heterocycles. The lowest BCUT2D eigenvalue weighted by Gasteiger charge is -2.11. The van der Waals surface area contributed by atoms with Gasteiger partial charge >= 0.3 is 0 Å². The SMILES string of the molecule is CN1CCc2cc(-c3nc(C(=O)NCC(O)c4cnc[nH]4)cs3)ccc21. The molecule has 1 atom stereocenters. The van der Waals surface area contributed by atoms with Crippen LogP contribution in [-0.2, 0) is 6.42 Å². The van der Waals surface area contributed by atoms with E-state index in [1.165, 1.54) is 35.1 Å². The molecule has 1 unspecified atom stereocenters. The van der Waals surface area contributed by atoms with E-state index in [2.05, 4.69) is 44.3 Å². The molecule has 26 heavy (non-hydrogen) atoms. The second kappa shape index (κ2) is 6.89. The van der Waals surface area contributed by atoms with Crippen molar-refractivity contribution in [3.63, 3.8) is 0 Å². The molecule has 0 radical (unpaired) electrons. The summed E-state index contributed by atoms with van der Waals surface area (Å²) in [6.45, 7) is 1.13. The van der Waals surface area contributed by atoms with Gasteiger partial charge in [-0.05, 0) is 30.2 Å². The Morgan fingerprint density at radius 2 is 2.38 bits per heavy atom. The van der Waals surface area contributed by atoms with Crippen LogP contribution in [0.25, 0.3) is 10.6 Å². The molecular formula is C18H19N5O2S. The second-order valence-electron chi connectivity index (χ2n) is 6.29. The highest BCUT2D eigenvalue weighted by molar-refractivity contribution is 7.13. The topological polar surface area (TPSA) is 94.1 Å². The maximum atomic E-state index is 12.3. The largest absolute Gasteiger partial charge is 0.385 e. The van der Waals surface area contributed by atoms with Gasteiger partial charge in [-0.3, -0.25) is 4.79 Å². The Labute approximate surface area is 154 Å². The molecule has 0 spiro atoms. The van der Waals surface area contributed by atoms with Crippen molar-refractivity contribution < 1.29 is 9.90 Å². The maximum Gasteiger partial charge on any atom is 0.270 e. The third-order valence-corrected chi connectivity index (χ3v) is 5.42. The molecule has 0 saturated carbocycles. The van der Waals surface area contributed by atoms with Crippen LogP contribution in [0.15, 0.2) is 36.1 Å². The summed E-state index contributed by atoms with van der Waals surface area (Å²) in [6, 6.07) is 6.31. The summed E-state index contributed by atoms with van der Waals surface area (Å²) < 4.78 is 0. The van der Waals surface area contributed by atoms with E-state index in [1.54, 1.807) is 5.38 Å². The zero-order valence-electron chi connectivity index (χ0n) is 14.3. The summed E-state index contributed by atoms with van der Waals surface area (Å²) in [6.07, 6.45) is 3.22. The highest BCUT2D eigenvalue weighted by Gasteiger charge is 2.18. The number of imidazole rings is 1. The first-order valence-electron chi connectivity index (χ1n) is 8.36. The molecule has 0 fully saturated rings. The number of aromatic amines is 1. The van der Waals surface area contributed by atoms with Gasteiger partial charge in [-0.25, -0.2) is 9.97 Å². The van der Waals surface area contributed by atoms with Crippen LogP contribution < -0.4 is 10.2 Å². The van der Waals surface area contributed by atoms with Crippen LogP contribution in [0.3, 0.4) is 0 Å². The van der Waals surface area contributed by atoms with Crippen LogP contribution in [0.2, 0.25) is 0 Å². The number of thiazole rings is 1. The first-order valence-corrected chi connectivity index (χ1v) is 9.24. The fourth-order valence-electron chi connectivity index (χ4n) is 3.05. The number of fused-ring (bicyclic) bond motifs is 1. The monoisotopic (exact) mass is 369 g/mol. The molecule has 8 heteroatoms. The van der Waals surface area contributed by atoms with Crippen molar-refractivity contribution in [1.29, 1.82) is 0 Å². The van der Waals surface area contributed by atoms with E-state index < -0.39 is 6.10 Å². The number of carbonyl (C=O) groups is 1. The van der Waals surface area contributed by atoms with Crippen molar-refractivity contribution in [3.8, 4) is 10.6 Å². The number of aromatic nitrogens is 3. The number of carbonyl (C=O) groups excluding carboxylic acids is 1. The summed E-state index contributed by atoms with van der Waals surface area (Å²) in [5, 5.41) is 15.3. The Bertz CT molecular complexity index is 922. The van der Waals surface area contributed by atoms with E-state index >= 15 is 0 Å². The van der Waals surface area contributed by atoms with Gasteiger partial charge in [0, 0.05) is 36.8 Å². The fraction of sp³-hybridized carbons (Fsp3) is 0.278. The molecule has 3 heterocycles. The molecule has 0 saturated heterocycles. The lowest BCUT2D eigenvalue weighted by molar-refractivity contribution is 0.0910. The number of hydrogen-bond acceptors (Lipinski definition) is 6. The van der Waals surface area contributed by atoms with Gasteiger partial charge in [0.25, 0.3) is 5.91 Å². The van der Waals surface area contributed by atoms with Gasteiger partial charge in [0.1, 0.15) is 16.8 Å². The van der Waals surface area contributed by atoms with Gasteiger partial charge in [0.05, 0.1) is 18.2 Å². The highest BCUT2D eigenvalue weighted by atomic mass is 32.1. The molecular weight excluding hydrogens is 350 g/mol. The molecule has 1 aromatic carbocycles. The number of rotatable bonds is 5. The molecule has 134 valence electrons. The van der Waals surface area contributed by atoms with Crippen LogP contribution in [0.1, 0.15) is 27.8 Å². The molecule has 1 aliphatic rings. The van der Waals surface area contributed by atoms with E-state index in [1.807, 2.05) is 6.07 Å². The number of hydrogen-bond donors (Lipinski definition) is 3. The van der Waals surface area contributed by atoms with Gasteiger partial charge in [-0.2, -0.15) is 0 Å². The molecule has 4 rings (SSSR count). The fourth-order valence-corrected chi connectivity index (χ4v) is 3.85. The third kappa shape index (κ3) is 3.21. The first kappa shape index (κ1) is 16.7. The average Bonchev–Trinajstić information content (AvgIpc) is 3.40. The van der Waals surface area contributed by atoms with Crippen molar-refractivity contribution in [2.45, 2.75) is 12.5 Å². The van der Waals surface area contributed by atoms with Gasteiger partial charge in [-0.1, -0.05) is 0 Å². The number of aliphatic hydroxyl groups is 1. The molecule has 3 aromatic rings. The molecule has 3 N–H and O–H groups in total. The third-order valence-electron chi connectivity index (χ3n) is 4.53. The quantitative estimate of drug-likeness (QED) is 0.639. The normalized spacial score (nSPS) is 14.3. The lowest BCUT2D eigenvalue weighted by Crippen LogP contribution is -2.28. The first-order chi connectivity index (χ1) is 12.6. The molecule has 1 amide bonds. The van der Waals surface area contributed by atoms with Crippen LogP contribution in [0.4, 0.5) is 5.69 Å². The molecule has 0 bridgehead atoms. The summed E-state index contributed by atoms with van der Waals surface area (Å²) in [5.74, 6) is -0.299. The summed E-state index contributed by atoms with van der Waals surface area (Å²) >= 11 is 1.45. The van der Waals surface area contributed by atoms with Gasteiger partial charge in [-0.15, -0.1) is 11.3 Å². The van der Waals surface area contributed by atoms with Gasteiger partial charge in [0.15, 0.2) is 0 Å². The van der Waals surface area contributed by atoms with Gasteiger partial charge < -0.3 is 20.3 Å². The number of nitrogens with zero attached hydrogens (tertiary/aromatic N) is 3. The van der Waals surface area contributed by atoms with Crippen LogP contribution >= 0.6 is 11.3 Å². The number of anilines is 1. The van der Waals surface area contributed by atoms with Crippen molar-refractivity contribution in [2.24, 2.45) is 0 Å². The van der Waals surface area contributed by atoms with Crippen LogP contribution in [0, 0.1) is 0 Å². The number of likely N-dealkylation sites (N-methyl/N-ethyl adjacent to an activating group) is 1. The minimum Gasteiger partial charge on any atom is -0.385 e. The Kier molecular flexibility index (Phi) is 4.44. The molecule has 7 nitrogen and oxygen atoms in total. The minimum atomic E-state index is -0.826. The molecule has 1 aliphatic heterocycles. The lowest BCUT2D eigenvalue weighted by atomic mass is 10.1. The van der Waals surface area contributed by atoms with Crippen LogP contribution in [-0.4, -0.2) is 46.1 Å². The summed E-state index contributed by atoms with van der Waals surface area (Å²) in [4.78, 5) is 25.7. The summed E-state index contributed by atoms with van der Waals surface area (Å²) in [7, 11) is 2.09. The Balaban J connectivity index is 1.43. The zero-order chi connectivity index (χ0) is 18.1. The van der Waals surface area contributed by atoms with Crippen molar-refractivity contribution in [3.05, 3.63) is 53.1 Å². The van der Waals surface area contributed by atoms with Gasteiger partial charge in [0.2, 0.25) is 0 Å². The maximum absolute atomic E-state index is 12.3. The number of amides is 1. The smallest absolute Gasteiger partial charge is 0.270 e. The minimum absolute atomic E-state index is 0.0963. The van der Waals surface area contributed by atoms with Crippen molar-refractivity contribution >= 4 is 22.9 Å². The highest BCUT2D eigenvalue weighted by Crippen LogP contribution is 2.32. The molecule has 0 aliphatic carbocycles.